The van der Waals surface area contributed by atoms with Gasteiger partial charge in [0, 0.05) is 18.3 Å². The van der Waals surface area contributed by atoms with E-state index in [1.54, 1.807) is 19.2 Å². The molecular formula is C19H22N2O4. The summed E-state index contributed by atoms with van der Waals surface area (Å²) < 4.78 is 15.8. The second kappa shape index (κ2) is 7.44. The van der Waals surface area contributed by atoms with Gasteiger partial charge in [-0.05, 0) is 43.8 Å². The summed E-state index contributed by atoms with van der Waals surface area (Å²) >= 11 is 0. The van der Waals surface area contributed by atoms with Crippen LogP contribution >= 0.6 is 0 Å². The number of hydrogen-bond donors (Lipinski definition) is 1. The second-order valence-corrected chi connectivity index (χ2v) is 6.00. The van der Waals surface area contributed by atoms with E-state index in [9.17, 15) is 4.79 Å². The fraction of sp³-hybridized carbons (Fsp3) is 0.316. The molecule has 1 atom stereocenters. The van der Waals surface area contributed by atoms with Crippen LogP contribution in [0, 0.1) is 0 Å². The number of hydrogen-bond acceptors (Lipinski definition) is 5. The van der Waals surface area contributed by atoms with Crippen LogP contribution in [0.4, 0.5) is 5.69 Å². The van der Waals surface area contributed by atoms with Crippen molar-refractivity contribution in [1.82, 2.24) is 4.90 Å². The summed E-state index contributed by atoms with van der Waals surface area (Å²) in [4.78, 5) is 14.5. The average molecular weight is 342 g/mol. The van der Waals surface area contributed by atoms with Crippen LogP contribution in [0.15, 0.2) is 42.5 Å². The van der Waals surface area contributed by atoms with E-state index in [0.717, 1.165) is 11.3 Å². The van der Waals surface area contributed by atoms with Crippen molar-refractivity contribution in [3.8, 4) is 17.2 Å². The molecule has 132 valence electrons. The highest BCUT2D eigenvalue weighted by Gasteiger charge is 2.20. The van der Waals surface area contributed by atoms with E-state index in [-0.39, 0.29) is 18.7 Å². The molecule has 2 aromatic rings. The number of likely N-dealkylation sites (N-methyl/N-ethyl adjacent to an activating group) is 1. The number of ether oxygens (including phenoxy) is 3. The molecule has 0 spiro atoms. The topological polar surface area (TPSA) is 60.0 Å². The van der Waals surface area contributed by atoms with Gasteiger partial charge in [-0.2, -0.15) is 0 Å². The van der Waals surface area contributed by atoms with E-state index in [0.29, 0.717) is 23.7 Å². The van der Waals surface area contributed by atoms with Gasteiger partial charge < -0.3 is 19.5 Å². The van der Waals surface area contributed by atoms with Crippen LogP contribution in [0.1, 0.15) is 12.5 Å². The third kappa shape index (κ3) is 4.03. The Morgan fingerprint density at radius 2 is 1.92 bits per heavy atom. The third-order valence-corrected chi connectivity index (χ3v) is 4.27. The zero-order chi connectivity index (χ0) is 17.8. The molecule has 2 aromatic carbocycles. The molecule has 1 aliphatic heterocycles. The van der Waals surface area contributed by atoms with Crippen LogP contribution in [0.3, 0.4) is 0 Å². The summed E-state index contributed by atoms with van der Waals surface area (Å²) in [5, 5.41) is 2.92. The predicted molar refractivity (Wildman–Crippen MR) is 95.1 cm³/mol. The van der Waals surface area contributed by atoms with Gasteiger partial charge in [0.2, 0.25) is 12.7 Å². The molecule has 6 nitrogen and oxygen atoms in total. The van der Waals surface area contributed by atoms with E-state index in [4.69, 9.17) is 14.2 Å². The Labute approximate surface area is 147 Å². The van der Waals surface area contributed by atoms with Crippen molar-refractivity contribution in [2.75, 3.05) is 26.3 Å². The van der Waals surface area contributed by atoms with Gasteiger partial charge in [-0.1, -0.05) is 12.1 Å². The number of carbonyl (C=O) groups is 1. The lowest BCUT2D eigenvalue weighted by Gasteiger charge is -2.24. The van der Waals surface area contributed by atoms with Crippen molar-refractivity contribution in [2.45, 2.75) is 19.5 Å². The largest absolute Gasteiger partial charge is 0.497 e. The highest BCUT2D eigenvalue weighted by atomic mass is 16.7. The Morgan fingerprint density at radius 1 is 1.20 bits per heavy atom. The van der Waals surface area contributed by atoms with Crippen molar-refractivity contribution >= 4 is 11.6 Å². The first-order valence-corrected chi connectivity index (χ1v) is 8.10. The monoisotopic (exact) mass is 342 g/mol. The molecule has 0 aromatic heterocycles. The first-order valence-electron chi connectivity index (χ1n) is 8.10. The zero-order valence-electron chi connectivity index (χ0n) is 14.6. The number of carbonyl (C=O) groups excluding carboxylic acids is 1. The Balaban J connectivity index is 1.59. The molecule has 3 rings (SSSR count). The van der Waals surface area contributed by atoms with Gasteiger partial charge in [0.15, 0.2) is 11.5 Å². The molecule has 1 unspecified atom stereocenters. The first-order chi connectivity index (χ1) is 12.1. The minimum atomic E-state index is -0.285. The number of rotatable bonds is 6. The minimum absolute atomic E-state index is 0.0742. The maximum atomic E-state index is 12.5. The molecule has 1 heterocycles. The average Bonchev–Trinajstić information content (AvgIpc) is 3.09. The highest BCUT2D eigenvalue weighted by molar-refractivity contribution is 5.94. The molecule has 25 heavy (non-hydrogen) atoms. The zero-order valence-corrected chi connectivity index (χ0v) is 14.6. The van der Waals surface area contributed by atoms with Crippen molar-refractivity contribution in [2.24, 2.45) is 0 Å². The molecule has 0 radical (unpaired) electrons. The van der Waals surface area contributed by atoms with Crippen LogP contribution < -0.4 is 19.5 Å². The number of nitrogens with one attached hydrogen (secondary N) is 1. The Morgan fingerprint density at radius 3 is 2.64 bits per heavy atom. The summed E-state index contributed by atoms with van der Waals surface area (Å²) in [6.07, 6.45) is 0. The fourth-order valence-electron chi connectivity index (χ4n) is 2.58. The SMILES string of the molecule is COc1ccc(CN(C)C(C)C(=O)Nc2ccc3c(c2)OCO3)cc1. The Hall–Kier alpha value is -2.73. The van der Waals surface area contributed by atoms with Gasteiger partial charge >= 0.3 is 0 Å². The van der Waals surface area contributed by atoms with Gasteiger partial charge in [0.1, 0.15) is 5.75 Å². The van der Waals surface area contributed by atoms with Gasteiger partial charge in [0.25, 0.3) is 0 Å². The van der Waals surface area contributed by atoms with Crippen molar-refractivity contribution in [3.63, 3.8) is 0 Å². The quantitative estimate of drug-likeness (QED) is 0.875. The van der Waals surface area contributed by atoms with Gasteiger partial charge in [0.05, 0.1) is 13.2 Å². The maximum Gasteiger partial charge on any atom is 0.241 e. The molecule has 1 N–H and O–H groups in total. The molecule has 0 saturated carbocycles. The lowest BCUT2D eigenvalue weighted by Crippen LogP contribution is -2.39. The lowest BCUT2D eigenvalue weighted by atomic mass is 10.1. The van der Waals surface area contributed by atoms with Crippen LogP contribution in [-0.4, -0.2) is 37.8 Å². The number of fused-ring (bicyclic) bond motifs is 1. The van der Waals surface area contributed by atoms with E-state index < -0.39 is 0 Å². The summed E-state index contributed by atoms with van der Waals surface area (Å²) in [7, 11) is 3.57. The predicted octanol–water partition coefficient (Wildman–Crippen LogP) is 2.88. The van der Waals surface area contributed by atoms with E-state index in [2.05, 4.69) is 5.32 Å². The normalized spacial score (nSPS) is 13.6. The van der Waals surface area contributed by atoms with Crippen LogP contribution in [0.5, 0.6) is 17.2 Å². The summed E-state index contributed by atoms with van der Waals surface area (Å²) in [6.45, 7) is 2.76. The standard InChI is InChI=1S/C19H22N2O4/c1-13(21(2)11-14-4-7-16(23-3)8-5-14)19(22)20-15-6-9-17-18(10-15)25-12-24-17/h4-10,13H,11-12H2,1-3H3,(H,20,22). The highest BCUT2D eigenvalue weighted by Crippen LogP contribution is 2.34. The maximum absolute atomic E-state index is 12.5. The Kier molecular flexibility index (Phi) is 5.09. The minimum Gasteiger partial charge on any atom is -0.497 e. The number of methoxy groups -OCH3 is 1. The number of benzene rings is 2. The molecule has 0 bridgehead atoms. The smallest absolute Gasteiger partial charge is 0.241 e. The first kappa shape index (κ1) is 17.1. The summed E-state index contributed by atoms with van der Waals surface area (Å²) in [5.41, 5.74) is 1.81. The molecule has 1 aliphatic rings. The molecule has 0 saturated heterocycles. The van der Waals surface area contributed by atoms with Gasteiger partial charge in [-0.25, -0.2) is 0 Å². The number of amides is 1. The van der Waals surface area contributed by atoms with Crippen LogP contribution in [-0.2, 0) is 11.3 Å². The second-order valence-electron chi connectivity index (χ2n) is 6.00. The Bertz CT molecular complexity index is 746. The van der Waals surface area contributed by atoms with Crippen LogP contribution in [0.25, 0.3) is 0 Å². The van der Waals surface area contributed by atoms with E-state index in [1.807, 2.05) is 49.2 Å². The van der Waals surface area contributed by atoms with Crippen molar-refractivity contribution < 1.29 is 19.0 Å². The molecule has 6 heteroatoms. The molecule has 1 amide bonds. The molecule has 0 fully saturated rings. The van der Waals surface area contributed by atoms with Crippen molar-refractivity contribution in [3.05, 3.63) is 48.0 Å². The lowest BCUT2D eigenvalue weighted by molar-refractivity contribution is -0.120. The summed E-state index contributed by atoms with van der Waals surface area (Å²) in [5.74, 6) is 2.09. The van der Waals surface area contributed by atoms with Gasteiger partial charge in [-0.15, -0.1) is 0 Å². The number of nitrogens with zero attached hydrogens (tertiary/aromatic N) is 1. The summed E-state index contributed by atoms with van der Waals surface area (Å²) in [6, 6.07) is 12.9. The number of anilines is 1. The third-order valence-electron chi connectivity index (χ3n) is 4.27. The van der Waals surface area contributed by atoms with Gasteiger partial charge in [-0.3, -0.25) is 9.69 Å². The van der Waals surface area contributed by atoms with Crippen molar-refractivity contribution in [1.29, 1.82) is 0 Å². The van der Waals surface area contributed by atoms with E-state index >= 15 is 0 Å². The van der Waals surface area contributed by atoms with Crippen LogP contribution in [0.2, 0.25) is 0 Å². The molecule has 0 aliphatic carbocycles. The molecular weight excluding hydrogens is 320 g/mol. The fourth-order valence-corrected chi connectivity index (χ4v) is 2.58. The van der Waals surface area contributed by atoms with E-state index in [1.165, 1.54) is 0 Å².